The van der Waals surface area contributed by atoms with Gasteiger partial charge in [-0.05, 0) is 12.8 Å². The molecule has 0 saturated heterocycles. The van der Waals surface area contributed by atoms with Gasteiger partial charge >= 0.3 is 0 Å². The number of hydrogen-bond donors (Lipinski definition) is 1. The van der Waals surface area contributed by atoms with Crippen LogP contribution in [0.2, 0.25) is 0 Å². The highest BCUT2D eigenvalue weighted by atomic mass is 19.1. The van der Waals surface area contributed by atoms with Crippen LogP contribution in [-0.4, -0.2) is 25.1 Å². The number of aromatic nitrogens is 1. The number of nitrogens with one attached hydrogen (secondary N) is 1. The second-order valence-corrected chi connectivity index (χ2v) is 4.42. The van der Waals surface area contributed by atoms with E-state index in [-0.39, 0.29) is 11.6 Å². The van der Waals surface area contributed by atoms with Gasteiger partial charge in [-0.3, -0.25) is 0 Å². The molecule has 2 rings (SSSR count). The van der Waals surface area contributed by atoms with Crippen LogP contribution >= 0.6 is 0 Å². The Bertz CT molecular complexity index is 403. The standard InChI is InChI=1S/C12H17F2N3/c1-15-11-9(13)7-10(14)12(16-11)17(2)8-5-3-4-6-8/h7-8H,3-6H2,1-2H3,(H,15,16). The van der Waals surface area contributed by atoms with Crippen LogP contribution in [-0.2, 0) is 0 Å². The summed E-state index contributed by atoms with van der Waals surface area (Å²) >= 11 is 0. The third-order valence-electron chi connectivity index (χ3n) is 3.35. The Morgan fingerprint density at radius 2 is 1.94 bits per heavy atom. The largest absolute Gasteiger partial charge is 0.371 e. The number of nitrogens with zero attached hydrogens (tertiary/aromatic N) is 2. The van der Waals surface area contributed by atoms with Crippen LogP contribution in [0.5, 0.6) is 0 Å². The van der Waals surface area contributed by atoms with Gasteiger partial charge in [-0.15, -0.1) is 0 Å². The Morgan fingerprint density at radius 3 is 2.53 bits per heavy atom. The Balaban J connectivity index is 2.30. The molecule has 0 aliphatic heterocycles. The molecular formula is C12H17F2N3. The van der Waals surface area contributed by atoms with Gasteiger partial charge in [0.15, 0.2) is 23.3 Å². The summed E-state index contributed by atoms with van der Waals surface area (Å²) in [6, 6.07) is 1.20. The molecule has 94 valence electrons. The third-order valence-corrected chi connectivity index (χ3v) is 3.35. The van der Waals surface area contributed by atoms with Crippen LogP contribution in [0.25, 0.3) is 0 Å². The Morgan fingerprint density at radius 1 is 1.29 bits per heavy atom. The molecule has 1 aromatic rings. The van der Waals surface area contributed by atoms with Crippen LogP contribution in [0.1, 0.15) is 25.7 Å². The quantitative estimate of drug-likeness (QED) is 0.882. The molecule has 0 atom stereocenters. The van der Waals surface area contributed by atoms with Crippen LogP contribution in [0.4, 0.5) is 20.4 Å². The van der Waals surface area contributed by atoms with Crippen LogP contribution in [0.3, 0.4) is 0 Å². The first kappa shape index (κ1) is 12.1. The minimum atomic E-state index is -0.659. The molecule has 0 aromatic carbocycles. The summed E-state index contributed by atoms with van der Waals surface area (Å²) in [6.45, 7) is 0. The molecule has 0 radical (unpaired) electrons. The van der Waals surface area contributed by atoms with Crippen molar-refractivity contribution in [3.63, 3.8) is 0 Å². The van der Waals surface area contributed by atoms with Gasteiger partial charge in [0.2, 0.25) is 0 Å². The van der Waals surface area contributed by atoms with E-state index in [1.807, 2.05) is 11.9 Å². The first-order valence-corrected chi connectivity index (χ1v) is 5.90. The zero-order valence-electron chi connectivity index (χ0n) is 10.1. The average molecular weight is 241 g/mol. The van der Waals surface area contributed by atoms with Crippen molar-refractivity contribution in [1.29, 1.82) is 0 Å². The highest BCUT2D eigenvalue weighted by Crippen LogP contribution is 2.29. The Kier molecular flexibility index (Phi) is 3.45. The van der Waals surface area contributed by atoms with Gasteiger partial charge in [-0.1, -0.05) is 12.8 Å². The zero-order valence-corrected chi connectivity index (χ0v) is 10.1. The van der Waals surface area contributed by atoms with E-state index in [1.165, 1.54) is 0 Å². The third kappa shape index (κ3) is 2.33. The minimum Gasteiger partial charge on any atom is -0.371 e. The predicted octanol–water partition coefficient (Wildman–Crippen LogP) is 2.78. The summed E-state index contributed by atoms with van der Waals surface area (Å²) in [5.74, 6) is -0.946. The molecule has 1 N–H and O–H groups in total. The van der Waals surface area contributed by atoms with Crippen LogP contribution in [0, 0.1) is 11.6 Å². The lowest BCUT2D eigenvalue weighted by molar-refractivity contribution is 0.559. The summed E-state index contributed by atoms with van der Waals surface area (Å²) < 4.78 is 27.0. The van der Waals surface area contributed by atoms with Crippen LogP contribution in [0.15, 0.2) is 6.07 Å². The van der Waals surface area contributed by atoms with Crippen molar-refractivity contribution in [2.24, 2.45) is 0 Å². The number of hydrogen-bond acceptors (Lipinski definition) is 3. The second-order valence-electron chi connectivity index (χ2n) is 4.42. The van der Waals surface area contributed by atoms with Crippen molar-refractivity contribution in [3.8, 4) is 0 Å². The SMILES string of the molecule is CNc1nc(N(C)C2CCCC2)c(F)cc1F. The van der Waals surface area contributed by atoms with E-state index >= 15 is 0 Å². The molecule has 0 bridgehead atoms. The van der Waals surface area contributed by atoms with Gasteiger partial charge < -0.3 is 10.2 Å². The van der Waals surface area contributed by atoms with Gasteiger partial charge in [0, 0.05) is 26.2 Å². The fraction of sp³-hybridized carbons (Fsp3) is 0.583. The molecule has 1 saturated carbocycles. The summed E-state index contributed by atoms with van der Waals surface area (Å²) in [6.07, 6.45) is 4.42. The van der Waals surface area contributed by atoms with E-state index in [4.69, 9.17) is 0 Å². The van der Waals surface area contributed by atoms with E-state index in [0.717, 1.165) is 31.7 Å². The summed E-state index contributed by atoms with van der Waals surface area (Å²) in [4.78, 5) is 5.82. The van der Waals surface area contributed by atoms with Gasteiger partial charge in [-0.2, -0.15) is 0 Å². The maximum atomic E-state index is 13.7. The molecule has 5 heteroatoms. The van der Waals surface area contributed by atoms with E-state index in [2.05, 4.69) is 10.3 Å². The molecule has 17 heavy (non-hydrogen) atoms. The summed E-state index contributed by atoms with van der Waals surface area (Å²) in [5, 5.41) is 2.63. The topological polar surface area (TPSA) is 28.2 Å². The van der Waals surface area contributed by atoms with Crippen molar-refractivity contribution in [1.82, 2.24) is 4.98 Å². The lowest BCUT2D eigenvalue weighted by Crippen LogP contribution is -2.30. The lowest BCUT2D eigenvalue weighted by Gasteiger charge is -2.26. The molecule has 3 nitrogen and oxygen atoms in total. The first-order valence-electron chi connectivity index (χ1n) is 5.90. The highest BCUT2D eigenvalue weighted by Gasteiger charge is 2.24. The Labute approximate surface area is 99.8 Å². The van der Waals surface area contributed by atoms with E-state index in [0.29, 0.717) is 6.04 Å². The lowest BCUT2D eigenvalue weighted by atomic mass is 10.2. The van der Waals surface area contributed by atoms with Gasteiger partial charge in [-0.25, -0.2) is 13.8 Å². The summed E-state index contributed by atoms with van der Waals surface area (Å²) in [7, 11) is 3.39. The van der Waals surface area contributed by atoms with Crippen molar-refractivity contribution < 1.29 is 8.78 Å². The number of anilines is 2. The smallest absolute Gasteiger partial charge is 0.168 e. The zero-order chi connectivity index (χ0) is 12.4. The molecule has 0 unspecified atom stereocenters. The number of pyridine rings is 1. The van der Waals surface area contributed by atoms with Crippen molar-refractivity contribution in [2.45, 2.75) is 31.7 Å². The average Bonchev–Trinajstić information content (AvgIpc) is 2.82. The van der Waals surface area contributed by atoms with Gasteiger partial charge in [0.05, 0.1) is 0 Å². The van der Waals surface area contributed by atoms with Crippen LogP contribution < -0.4 is 10.2 Å². The van der Waals surface area contributed by atoms with Crippen molar-refractivity contribution in [3.05, 3.63) is 17.7 Å². The molecule has 1 aromatic heterocycles. The molecular weight excluding hydrogens is 224 g/mol. The van der Waals surface area contributed by atoms with Crippen molar-refractivity contribution in [2.75, 3.05) is 24.3 Å². The first-order chi connectivity index (χ1) is 8.13. The molecule has 0 amide bonds. The maximum Gasteiger partial charge on any atom is 0.168 e. The van der Waals surface area contributed by atoms with Gasteiger partial charge in [0.25, 0.3) is 0 Å². The van der Waals surface area contributed by atoms with E-state index in [9.17, 15) is 8.78 Å². The van der Waals surface area contributed by atoms with E-state index in [1.54, 1.807) is 7.05 Å². The Hall–Kier alpha value is -1.39. The second kappa shape index (κ2) is 4.85. The normalized spacial score (nSPS) is 16.2. The van der Waals surface area contributed by atoms with Gasteiger partial charge in [0.1, 0.15) is 0 Å². The van der Waals surface area contributed by atoms with E-state index < -0.39 is 11.6 Å². The highest BCUT2D eigenvalue weighted by molar-refractivity contribution is 5.49. The molecule has 1 aliphatic carbocycles. The fourth-order valence-corrected chi connectivity index (χ4v) is 2.34. The predicted molar refractivity (Wildman–Crippen MR) is 64.4 cm³/mol. The molecule has 0 spiro atoms. The monoisotopic (exact) mass is 241 g/mol. The maximum absolute atomic E-state index is 13.7. The number of rotatable bonds is 3. The molecule has 1 fully saturated rings. The molecule has 1 aliphatic rings. The minimum absolute atomic E-state index is 0.0891. The summed E-state index contributed by atoms with van der Waals surface area (Å²) in [5.41, 5.74) is 0. The fourth-order valence-electron chi connectivity index (χ4n) is 2.34. The number of halogens is 2. The van der Waals surface area contributed by atoms with Crippen molar-refractivity contribution >= 4 is 11.6 Å². The molecule has 1 heterocycles.